The van der Waals surface area contributed by atoms with Gasteiger partial charge in [-0.15, -0.1) is 0 Å². The lowest BCUT2D eigenvalue weighted by Gasteiger charge is -2.07. The fourth-order valence-corrected chi connectivity index (χ4v) is 2.59. The molecule has 0 saturated carbocycles. The van der Waals surface area contributed by atoms with E-state index < -0.39 is 0 Å². The molecule has 0 saturated heterocycles. The van der Waals surface area contributed by atoms with Gasteiger partial charge in [-0.1, -0.05) is 51.3 Å². The first kappa shape index (κ1) is 12.7. The van der Waals surface area contributed by atoms with E-state index in [1.165, 1.54) is 0 Å². The van der Waals surface area contributed by atoms with Crippen molar-refractivity contribution in [2.24, 2.45) is 0 Å². The zero-order valence-electron chi connectivity index (χ0n) is 8.88. The van der Waals surface area contributed by atoms with E-state index in [0.717, 1.165) is 27.7 Å². The molecule has 17 heavy (non-hydrogen) atoms. The lowest BCUT2D eigenvalue weighted by atomic mass is 10.0. The monoisotopic (exact) mass is 329 g/mol. The lowest BCUT2D eigenvalue weighted by molar-refractivity contribution is 1.18. The summed E-state index contributed by atoms with van der Waals surface area (Å²) in [6.07, 6.45) is 0.747. The minimum absolute atomic E-state index is 0.648. The smallest absolute Gasteiger partial charge is 0.0456 e. The Balaban J connectivity index is 2.31. The standard InChI is InChI=1S/C13H10BrCl2N/c14-12-7-11(17)4-2-8(12)5-9-1-3-10(15)6-13(9)16/h1-4,6-7H,5,17H2. The van der Waals surface area contributed by atoms with Crippen LogP contribution in [0.25, 0.3) is 0 Å². The van der Waals surface area contributed by atoms with E-state index in [1.807, 2.05) is 30.3 Å². The molecule has 0 unspecified atom stereocenters. The predicted octanol–water partition coefficient (Wildman–Crippen LogP) is 4.93. The van der Waals surface area contributed by atoms with E-state index in [9.17, 15) is 0 Å². The summed E-state index contributed by atoms with van der Waals surface area (Å²) in [7, 11) is 0. The molecule has 2 aromatic carbocycles. The second-order valence-corrected chi connectivity index (χ2v) is 5.46. The molecule has 0 spiro atoms. The number of hydrogen-bond acceptors (Lipinski definition) is 1. The van der Waals surface area contributed by atoms with Gasteiger partial charge in [-0.25, -0.2) is 0 Å². The number of halogens is 3. The zero-order valence-corrected chi connectivity index (χ0v) is 12.0. The highest BCUT2D eigenvalue weighted by atomic mass is 79.9. The highest BCUT2D eigenvalue weighted by molar-refractivity contribution is 9.10. The summed E-state index contributed by atoms with van der Waals surface area (Å²) in [4.78, 5) is 0. The molecule has 0 heterocycles. The summed E-state index contributed by atoms with van der Waals surface area (Å²) in [6, 6.07) is 11.3. The molecule has 88 valence electrons. The summed E-state index contributed by atoms with van der Waals surface area (Å²) >= 11 is 15.5. The molecule has 0 aromatic heterocycles. The van der Waals surface area contributed by atoms with Crippen LogP contribution < -0.4 is 5.73 Å². The molecule has 2 aromatic rings. The third-order valence-corrected chi connectivity index (χ3v) is 3.80. The van der Waals surface area contributed by atoms with Crippen LogP contribution in [0.4, 0.5) is 5.69 Å². The largest absolute Gasteiger partial charge is 0.399 e. The van der Waals surface area contributed by atoms with Gasteiger partial charge in [-0.3, -0.25) is 0 Å². The number of benzene rings is 2. The van der Waals surface area contributed by atoms with Gasteiger partial charge in [0.25, 0.3) is 0 Å². The van der Waals surface area contributed by atoms with E-state index in [4.69, 9.17) is 28.9 Å². The Morgan fingerprint density at radius 1 is 1.00 bits per heavy atom. The number of hydrogen-bond donors (Lipinski definition) is 1. The van der Waals surface area contributed by atoms with E-state index in [0.29, 0.717) is 10.0 Å². The number of anilines is 1. The molecule has 4 heteroatoms. The van der Waals surface area contributed by atoms with Crippen LogP contribution in [0.1, 0.15) is 11.1 Å². The molecule has 0 atom stereocenters. The van der Waals surface area contributed by atoms with Crippen LogP contribution in [-0.4, -0.2) is 0 Å². The van der Waals surface area contributed by atoms with Crippen molar-refractivity contribution < 1.29 is 0 Å². The third-order valence-electron chi connectivity index (χ3n) is 2.47. The summed E-state index contributed by atoms with van der Waals surface area (Å²) in [5, 5.41) is 1.33. The fourth-order valence-electron chi connectivity index (χ4n) is 1.58. The van der Waals surface area contributed by atoms with Gasteiger partial charge in [-0.2, -0.15) is 0 Å². The van der Waals surface area contributed by atoms with Crippen LogP contribution >= 0.6 is 39.1 Å². The molecule has 2 rings (SSSR count). The Labute approximate surface area is 119 Å². The van der Waals surface area contributed by atoms with Crippen molar-refractivity contribution >= 4 is 44.8 Å². The van der Waals surface area contributed by atoms with Crippen molar-refractivity contribution in [2.75, 3.05) is 5.73 Å². The van der Waals surface area contributed by atoms with Crippen LogP contribution in [0, 0.1) is 0 Å². The highest BCUT2D eigenvalue weighted by Gasteiger charge is 2.06. The van der Waals surface area contributed by atoms with E-state index in [2.05, 4.69) is 15.9 Å². The summed E-state index contributed by atoms with van der Waals surface area (Å²) in [5.74, 6) is 0. The molecule has 2 N–H and O–H groups in total. The van der Waals surface area contributed by atoms with Gasteiger partial charge in [0.2, 0.25) is 0 Å². The van der Waals surface area contributed by atoms with E-state index in [1.54, 1.807) is 6.07 Å². The Bertz CT molecular complexity index is 506. The molecule has 0 radical (unpaired) electrons. The van der Waals surface area contributed by atoms with Crippen LogP contribution in [0.2, 0.25) is 10.0 Å². The van der Waals surface area contributed by atoms with Crippen molar-refractivity contribution in [3.05, 3.63) is 62.0 Å². The second kappa shape index (κ2) is 5.30. The Hall–Kier alpha value is -0.700. The van der Waals surface area contributed by atoms with E-state index in [-0.39, 0.29) is 0 Å². The number of nitrogens with two attached hydrogens (primary N) is 1. The van der Waals surface area contributed by atoms with Crippen LogP contribution in [0.3, 0.4) is 0 Å². The Kier molecular flexibility index (Phi) is 3.97. The molecule has 0 fully saturated rings. The molecule has 0 aliphatic heterocycles. The van der Waals surface area contributed by atoms with Gasteiger partial charge in [0.05, 0.1) is 0 Å². The molecule has 0 bridgehead atoms. The molecular formula is C13H10BrCl2N. The van der Waals surface area contributed by atoms with Crippen LogP contribution in [0.5, 0.6) is 0 Å². The Morgan fingerprint density at radius 2 is 1.71 bits per heavy atom. The lowest BCUT2D eigenvalue weighted by Crippen LogP contribution is -1.93. The predicted molar refractivity (Wildman–Crippen MR) is 77.8 cm³/mol. The number of nitrogen functional groups attached to an aromatic ring is 1. The van der Waals surface area contributed by atoms with Gasteiger partial charge in [0.15, 0.2) is 0 Å². The van der Waals surface area contributed by atoms with Crippen molar-refractivity contribution in [3.63, 3.8) is 0 Å². The molecule has 0 aliphatic carbocycles. The maximum atomic E-state index is 6.14. The molecule has 0 amide bonds. The first-order valence-corrected chi connectivity index (χ1v) is 6.59. The second-order valence-electron chi connectivity index (χ2n) is 3.76. The van der Waals surface area contributed by atoms with Gasteiger partial charge in [-0.05, 0) is 35.4 Å². The summed E-state index contributed by atoms with van der Waals surface area (Å²) in [5.41, 5.74) is 8.62. The summed E-state index contributed by atoms with van der Waals surface area (Å²) < 4.78 is 0.989. The summed E-state index contributed by atoms with van der Waals surface area (Å²) in [6.45, 7) is 0. The molecular weight excluding hydrogens is 321 g/mol. The minimum Gasteiger partial charge on any atom is -0.399 e. The Morgan fingerprint density at radius 3 is 2.35 bits per heavy atom. The topological polar surface area (TPSA) is 26.0 Å². The van der Waals surface area contributed by atoms with Gasteiger partial charge in [0, 0.05) is 26.6 Å². The zero-order chi connectivity index (χ0) is 12.4. The van der Waals surface area contributed by atoms with Crippen molar-refractivity contribution in [3.8, 4) is 0 Å². The van der Waals surface area contributed by atoms with Crippen LogP contribution in [0.15, 0.2) is 40.9 Å². The molecule has 0 aliphatic rings. The van der Waals surface area contributed by atoms with E-state index >= 15 is 0 Å². The molecule has 1 nitrogen and oxygen atoms in total. The maximum Gasteiger partial charge on any atom is 0.0456 e. The minimum atomic E-state index is 0.648. The van der Waals surface area contributed by atoms with Gasteiger partial charge < -0.3 is 5.73 Å². The SMILES string of the molecule is Nc1ccc(Cc2ccc(Cl)cc2Cl)c(Br)c1. The van der Waals surface area contributed by atoms with Crippen LogP contribution in [-0.2, 0) is 6.42 Å². The average Bonchev–Trinajstić information content (AvgIpc) is 2.25. The maximum absolute atomic E-state index is 6.14. The highest BCUT2D eigenvalue weighted by Crippen LogP contribution is 2.27. The first-order chi connectivity index (χ1) is 8.06. The van der Waals surface area contributed by atoms with Gasteiger partial charge >= 0.3 is 0 Å². The van der Waals surface area contributed by atoms with Crippen molar-refractivity contribution in [2.45, 2.75) is 6.42 Å². The number of rotatable bonds is 2. The third kappa shape index (κ3) is 3.15. The normalized spacial score (nSPS) is 10.5. The van der Waals surface area contributed by atoms with Crippen molar-refractivity contribution in [1.82, 2.24) is 0 Å². The first-order valence-electron chi connectivity index (χ1n) is 5.04. The quantitative estimate of drug-likeness (QED) is 0.776. The van der Waals surface area contributed by atoms with Gasteiger partial charge in [0.1, 0.15) is 0 Å². The fraction of sp³-hybridized carbons (Fsp3) is 0.0769. The van der Waals surface area contributed by atoms with Crippen molar-refractivity contribution in [1.29, 1.82) is 0 Å². The average molecular weight is 331 g/mol.